The van der Waals surface area contributed by atoms with Gasteiger partial charge in [-0.15, -0.1) is 0 Å². The topological polar surface area (TPSA) is 129 Å². The second-order valence-corrected chi connectivity index (χ2v) is 7.00. The number of imidazole rings is 1. The molecule has 0 radical (unpaired) electrons. The molecule has 6 aromatic heterocycles. The maximum Gasteiger partial charge on any atom is 0.159 e. The Labute approximate surface area is 174 Å². The highest BCUT2D eigenvalue weighted by Crippen LogP contribution is 2.31. The molecule has 0 unspecified atom stereocenters. The van der Waals surface area contributed by atoms with Crippen LogP contribution in [0.4, 0.5) is 0 Å². The molecule has 0 amide bonds. The van der Waals surface area contributed by atoms with Gasteiger partial charge in [0.15, 0.2) is 5.82 Å². The Bertz CT molecular complexity index is 1550. The summed E-state index contributed by atoms with van der Waals surface area (Å²) in [7, 11) is 0. The van der Waals surface area contributed by atoms with Crippen LogP contribution in [0, 0.1) is 0 Å². The fourth-order valence-electron chi connectivity index (χ4n) is 3.58. The van der Waals surface area contributed by atoms with Crippen molar-refractivity contribution in [3.63, 3.8) is 0 Å². The molecule has 3 N–H and O–H groups in total. The summed E-state index contributed by atoms with van der Waals surface area (Å²) in [5, 5.41) is 18.1. The number of aromatic hydroxyl groups is 1. The van der Waals surface area contributed by atoms with E-state index in [4.69, 9.17) is 4.98 Å². The zero-order valence-electron chi connectivity index (χ0n) is 16.0. The van der Waals surface area contributed by atoms with Crippen LogP contribution in [0.15, 0.2) is 67.5 Å². The molecule has 0 aromatic carbocycles. The van der Waals surface area contributed by atoms with Crippen molar-refractivity contribution in [3.8, 4) is 39.8 Å². The average Bonchev–Trinajstić information content (AvgIpc) is 3.43. The molecule has 0 aliphatic rings. The molecule has 0 saturated heterocycles. The van der Waals surface area contributed by atoms with Crippen molar-refractivity contribution in [1.29, 1.82) is 0 Å². The summed E-state index contributed by atoms with van der Waals surface area (Å²) in [5.74, 6) is 0.691. The molecule has 31 heavy (non-hydrogen) atoms. The minimum atomic E-state index is 0.0821. The number of hydrogen-bond donors (Lipinski definition) is 3. The van der Waals surface area contributed by atoms with Crippen LogP contribution in [0.25, 0.3) is 56.0 Å². The first-order valence-corrected chi connectivity index (χ1v) is 9.50. The van der Waals surface area contributed by atoms with Gasteiger partial charge in [-0.3, -0.25) is 25.0 Å². The van der Waals surface area contributed by atoms with E-state index < -0.39 is 0 Å². The quantitative estimate of drug-likeness (QED) is 0.408. The Morgan fingerprint density at radius 3 is 2.65 bits per heavy atom. The van der Waals surface area contributed by atoms with Crippen molar-refractivity contribution in [2.75, 3.05) is 0 Å². The largest absolute Gasteiger partial charge is 0.506 e. The number of hydrogen-bond acceptors (Lipinski definition) is 7. The molecule has 6 heterocycles. The molecule has 0 fully saturated rings. The first-order chi connectivity index (χ1) is 15.3. The molecule has 0 saturated carbocycles. The van der Waals surface area contributed by atoms with Crippen molar-refractivity contribution in [2.24, 2.45) is 0 Å². The van der Waals surface area contributed by atoms with Gasteiger partial charge in [0.2, 0.25) is 0 Å². The Morgan fingerprint density at radius 1 is 0.839 bits per heavy atom. The van der Waals surface area contributed by atoms with E-state index in [1.165, 1.54) is 6.20 Å². The molecule has 9 heteroatoms. The number of fused-ring (bicyclic) bond motifs is 2. The Hall–Kier alpha value is -4.66. The molecular formula is C22H14N8O. The van der Waals surface area contributed by atoms with Gasteiger partial charge in [0.1, 0.15) is 17.0 Å². The lowest BCUT2D eigenvalue weighted by atomic mass is 10.1. The predicted molar refractivity (Wildman–Crippen MR) is 115 cm³/mol. The number of aromatic amines is 2. The number of nitrogens with zero attached hydrogens (tertiary/aromatic N) is 6. The molecule has 148 valence electrons. The van der Waals surface area contributed by atoms with Gasteiger partial charge < -0.3 is 10.1 Å². The summed E-state index contributed by atoms with van der Waals surface area (Å²) >= 11 is 0. The summed E-state index contributed by atoms with van der Waals surface area (Å²) in [6.45, 7) is 0. The maximum absolute atomic E-state index is 9.75. The van der Waals surface area contributed by atoms with Crippen LogP contribution in [0.5, 0.6) is 5.75 Å². The number of nitrogens with one attached hydrogen (secondary N) is 2. The first-order valence-electron chi connectivity index (χ1n) is 9.50. The summed E-state index contributed by atoms with van der Waals surface area (Å²) in [5.41, 5.74) is 6.02. The summed E-state index contributed by atoms with van der Waals surface area (Å²) in [6.07, 6.45) is 9.97. The van der Waals surface area contributed by atoms with Crippen molar-refractivity contribution in [3.05, 3.63) is 67.5 Å². The summed E-state index contributed by atoms with van der Waals surface area (Å²) in [4.78, 5) is 25.4. The standard InChI is InChI=1S/C22H14N8O/c31-13-5-12(7-23-8-13)17-6-14-18(11-26-17)29-30-21(14)22-27-19-10-24-9-15(20(19)28-22)16-3-1-2-4-25-16/h1-11,31H,(H,27,28)(H,29,30). The molecule has 0 aliphatic heterocycles. The third kappa shape index (κ3) is 2.87. The van der Waals surface area contributed by atoms with E-state index in [-0.39, 0.29) is 5.75 Å². The van der Waals surface area contributed by atoms with E-state index in [9.17, 15) is 5.11 Å². The molecule has 0 bridgehead atoms. The lowest BCUT2D eigenvalue weighted by Crippen LogP contribution is -1.86. The fourth-order valence-corrected chi connectivity index (χ4v) is 3.58. The van der Waals surface area contributed by atoms with Crippen LogP contribution >= 0.6 is 0 Å². The third-order valence-electron chi connectivity index (χ3n) is 5.03. The van der Waals surface area contributed by atoms with Gasteiger partial charge in [0.05, 0.1) is 41.0 Å². The predicted octanol–water partition coefficient (Wildman–Crippen LogP) is 3.73. The second kappa shape index (κ2) is 6.70. The van der Waals surface area contributed by atoms with Gasteiger partial charge >= 0.3 is 0 Å². The molecule has 6 rings (SSSR count). The average molecular weight is 406 g/mol. The number of rotatable bonds is 3. The van der Waals surface area contributed by atoms with Gasteiger partial charge in [0.25, 0.3) is 0 Å². The van der Waals surface area contributed by atoms with Crippen molar-refractivity contribution < 1.29 is 5.11 Å². The molecule has 9 nitrogen and oxygen atoms in total. The van der Waals surface area contributed by atoms with Crippen molar-refractivity contribution in [1.82, 2.24) is 40.1 Å². The smallest absolute Gasteiger partial charge is 0.159 e. The van der Waals surface area contributed by atoms with E-state index in [2.05, 4.69) is 35.1 Å². The number of aromatic nitrogens is 8. The lowest BCUT2D eigenvalue weighted by Gasteiger charge is -2.01. The van der Waals surface area contributed by atoms with Gasteiger partial charge in [-0.1, -0.05) is 6.07 Å². The van der Waals surface area contributed by atoms with Crippen LogP contribution in [0.1, 0.15) is 0 Å². The fraction of sp³-hybridized carbons (Fsp3) is 0. The molecule has 0 atom stereocenters. The van der Waals surface area contributed by atoms with Crippen molar-refractivity contribution >= 4 is 21.9 Å². The summed E-state index contributed by atoms with van der Waals surface area (Å²) < 4.78 is 0. The normalized spacial score (nSPS) is 11.4. The molecular weight excluding hydrogens is 392 g/mol. The summed E-state index contributed by atoms with van der Waals surface area (Å²) in [6, 6.07) is 9.25. The SMILES string of the molecule is Oc1cncc(-c2cc3c(-c4nc5c(-c6ccccn6)cncc5[nH]4)n[nH]c3cn2)c1. The van der Waals surface area contributed by atoms with E-state index in [0.29, 0.717) is 22.8 Å². The van der Waals surface area contributed by atoms with Crippen LogP contribution in [-0.4, -0.2) is 45.2 Å². The Kier molecular flexibility index (Phi) is 3.72. The second-order valence-electron chi connectivity index (χ2n) is 7.00. The highest BCUT2D eigenvalue weighted by atomic mass is 16.3. The minimum Gasteiger partial charge on any atom is -0.506 e. The zero-order valence-corrected chi connectivity index (χ0v) is 16.0. The van der Waals surface area contributed by atoms with E-state index >= 15 is 0 Å². The molecule has 6 aromatic rings. The monoisotopic (exact) mass is 406 g/mol. The van der Waals surface area contributed by atoms with Crippen LogP contribution in [0.2, 0.25) is 0 Å². The highest BCUT2D eigenvalue weighted by molar-refractivity contribution is 5.97. The first kappa shape index (κ1) is 17.2. The van der Waals surface area contributed by atoms with E-state index in [0.717, 1.165) is 33.2 Å². The number of H-pyrrole nitrogens is 2. The zero-order chi connectivity index (χ0) is 20.8. The minimum absolute atomic E-state index is 0.0821. The maximum atomic E-state index is 9.75. The van der Waals surface area contributed by atoms with Crippen LogP contribution in [0.3, 0.4) is 0 Å². The molecule has 0 aliphatic carbocycles. The van der Waals surface area contributed by atoms with Crippen LogP contribution in [-0.2, 0) is 0 Å². The Balaban J connectivity index is 1.51. The Morgan fingerprint density at radius 2 is 1.77 bits per heavy atom. The highest BCUT2D eigenvalue weighted by Gasteiger charge is 2.17. The van der Waals surface area contributed by atoms with E-state index in [1.807, 2.05) is 24.3 Å². The van der Waals surface area contributed by atoms with Gasteiger partial charge in [-0.2, -0.15) is 5.10 Å². The van der Waals surface area contributed by atoms with Gasteiger partial charge in [-0.25, -0.2) is 4.98 Å². The van der Waals surface area contributed by atoms with Gasteiger partial charge in [0, 0.05) is 35.1 Å². The molecule has 0 spiro atoms. The van der Waals surface area contributed by atoms with E-state index in [1.54, 1.807) is 37.1 Å². The van der Waals surface area contributed by atoms with Crippen LogP contribution < -0.4 is 0 Å². The third-order valence-corrected chi connectivity index (χ3v) is 5.03. The number of pyridine rings is 4. The van der Waals surface area contributed by atoms with Gasteiger partial charge in [-0.05, 0) is 24.3 Å². The lowest BCUT2D eigenvalue weighted by molar-refractivity contribution is 0.473. The van der Waals surface area contributed by atoms with Crippen molar-refractivity contribution in [2.45, 2.75) is 0 Å².